The molecule has 164 valence electrons. The molecule has 0 N–H and O–H groups in total. The summed E-state index contributed by atoms with van der Waals surface area (Å²) >= 11 is 0. The van der Waals surface area contributed by atoms with Crippen LogP contribution in [0.5, 0.6) is 0 Å². The zero-order chi connectivity index (χ0) is 22.2. The average Bonchev–Trinajstić information content (AvgIpc) is 3.24. The van der Waals surface area contributed by atoms with E-state index in [9.17, 15) is 8.42 Å². The van der Waals surface area contributed by atoms with Gasteiger partial charge < -0.3 is 4.52 Å². The van der Waals surface area contributed by atoms with Gasteiger partial charge in [0.2, 0.25) is 21.7 Å². The van der Waals surface area contributed by atoms with Crippen molar-refractivity contribution < 1.29 is 12.9 Å². The van der Waals surface area contributed by atoms with E-state index in [1.807, 2.05) is 43.3 Å². The summed E-state index contributed by atoms with van der Waals surface area (Å²) in [7, 11) is -3.51. The first-order valence-electron chi connectivity index (χ1n) is 10.7. The highest BCUT2D eigenvalue weighted by Gasteiger charge is 2.32. The Balaban J connectivity index is 1.44. The van der Waals surface area contributed by atoms with Crippen molar-refractivity contribution in [3.63, 3.8) is 0 Å². The molecule has 0 atom stereocenters. The van der Waals surface area contributed by atoms with Crippen LogP contribution in [0.3, 0.4) is 0 Å². The summed E-state index contributed by atoms with van der Waals surface area (Å²) in [4.78, 5) is 4.92. The number of aromatic nitrogens is 2. The van der Waals surface area contributed by atoms with Gasteiger partial charge in [-0.15, -0.1) is 0 Å². The molecule has 2 aromatic carbocycles. The second-order valence-corrected chi connectivity index (χ2v) is 11.2. The molecule has 6 nitrogen and oxygen atoms in total. The predicted molar refractivity (Wildman–Crippen MR) is 120 cm³/mol. The predicted octanol–water partition coefficient (Wildman–Crippen LogP) is 4.91. The third-order valence-corrected chi connectivity index (χ3v) is 7.79. The standard InChI is InChI=1S/C24H29N3O3S/c1-17-6-5-7-19(16-17)22-25-23(30-26-22)18-12-14-27(15-13-18)31(28,29)21-10-8-20(9-11-21)24(2,3)4/h5-11,16,18H,12-15H2,1-4H3. The van der Waals surface area contributed by atoms with Gasteiger partial charge in [0.15, 0.2) is 0 Å². The van der Waals surface area contributed by atoms with Gasteiger partial charge in [-0.1, -0.05) is 61.8 Å². The number of piperidine rings is 1. The number of rotatable bonds is 4. The maximum atomic E-state index is 13.1. The molecule has 4 rings (SSSR count). The number of nitrogens with zero attached hydrogens (tertiary/aromatic N) is 3. The van der Waals surface area contributed by atoms with Crippen LogP contribution >= 0.6 is 0 Å². The quantitative estimate of drug-likeness (QED) is 0.577. The van der Waals surface area contributed by atoms with Crippen molar-refractivity contribution in [1.29, 1.82) is 0 Å². The molecule has 1 aliphatic heterocycles. The highest BCUT2D eigenvalue weighted by Crippen LogP contribution is 2.32. The summed E-state index contributed by atoms with van der Waals surface area (Å²) in [5, 5.41) is 4.13. The van der Waals surface area contributed by atoms with Crippen molar-refractivity contribution in [3.8, 4) is 11.4 Å². The maximum absolute atomic E-state index is 13.1. The largest absolute Gasteiger partial charge is 0.339 e. The molecular formula is C24H29N3O3S. The molecule has 3 aromatic rings. The van der Waals surface area contributed by atoms with Gasteiger partial charge in [-0.3, -0.25) is 0 Å². The fourth-order valence-electron chi connectivity index (χ4n) is 3.92. The van der Waals surface area contributed by atoms with Gasteiger partial charge in [-0.2, -0.15) is 9.29 Å². The van der Waals surface area contributed by atoms with E-state index in [0.717, 1.165) is 16.7 Å². The minimum absolute atomic E-state index is 0.0119. The Labute approximate surface area is 184 Å². The van der Waals surface area contributed by atoms with E-state index in [0.29, 0.717) is 42.5 Å². The summed E-state index contributed by atoms with van der Waals surface area (Å²) in [6.45, 7) is 9.25. The molecule has 0 unspecified atom stereocenters. The van der Waals surface area contributed by atoms with E-state index in [1.165, 1.54) is 0 Å². The molecule has 0 saturated carbocycles. The topological polar surface area (TPSA) is 76.3 Å². The summed E-state index contributed by atoms with van der Waals surface area (Å²) in [5.74, 6) is 1.23. The van der Waals surface area contributed by atoms with E-state index in [-0.39, 0.29) is 11.3 Å². The van der Waals surface area contributed by atoms with Gasteiger partial charge in [-0.05, 0) is 48.9 Å². The van der Waals surface area contributed by atoms with Crippen LogP contribution < -0.4 is 0 Å². The lowest BCUT2D eigenvalue weighted by molar-refractivity contribution is 0.271. The van der Waals surface area contributed by atoms with Crippen LogP contribution in [0, 0.1) is 6.92 Å². The Morgan fingerprint density at radius 3 is 2.32 bits per heavy atom. The van der Waals surface area contributed by atoms with E-state index >= 15 is 0 Å². The van der Waals surface area contributed by atoms with Gasteiger partial charge >= 0.3 is 0 Å². The van der Waals surface area contributed by atoms with Crippen LogP contribution in [-0.4, -0.2) is 36.0 Å². The first kappa shape index (κ1) is 21.7. The van der Waals surface area contributed by atoms with Crippen LogP contribution in [0.25, 0.3) is 11.4 Å². The van der Waals surface area contributed by atoms with Crippen LogP contribution in [0.1, 0.15) is 56.5 Å². The SMILES string of the molecule is Cc1cccc(-c2noc(C3CCN(S(=O)(=O)c4ccc(C(C)(C)C)cc4)CC3)n2)c1. The van der Waals surface area contributed by atoms with Crippen molar-refractivity contribution in [2.75, 3.05) is 13.1 Å². The first-order valence-corrected chi connectivity index (χ1v) is 12.1. The van der Waals surface area contributed by atoms with Gasteiger partial charge in [-0.25, -0.2) is 8.42 Å². The molecule has 1 fully saturated rings. The van der Waals surface area contributed by atoms with Crippen LogP contribution in [-0.2, 0) is 15.4 Å². The molecule has 2 heterocycles. The highest BCUT2D eigenvalue weighted by molar-refractivity contribution is 7.89. The molecule has 31 heavy (non-hydrogen) atoms. The zero-order valence-corrected chi connectivity index (χ0v) is 19.3. The molecule has 1 aromatic heterocycles. The molecule has 7 heteroatoms. The fraction of sp³-hybridized carbons (Fsp3) is 0.417. The third kappa shape index (κ3) is 4.57. The van der Waals surface area contributed by atoms with Gasteiger partial charge in [0.05, 0.1) is 4.90 Å². The van der Waals surface area contributed by atoms with Crippen molar-refractivity contribution in [2.24, 2.45) is 0 Å². The molecule has 0 radical (unpaired) electrons. The molecule has 1 saturated heterocycles. The Morgan fingerprint density at radius 2 is 1.71 bits per heavy atom. The van der Waals surface area contributed by atoms with Gasteiger partial charge in [0, 0.05) is 24.6 Å². The fourth-order valence-corrected chi connectivity index (χ4v) is 5.39. The number of sulfonamides is 1. The Morgan fingerprint density at radius 1 is 1.03 bits per heavy atom. The lowest BCUT2D eigenvalue weighted by Crippen LogP contribution is -2.38. The van der Waals surface area contributed by atoms with E-state index < -0.39 is 10.0 Å². The second-order valence-electron chi connectivity index (χ2n) is 9.28. The van der Waals surface area contributed by atoms with Gasteiger partial charge in [0.1, 0.15) is 0 Å². The number of benzene rings is 2. The third-order valence-electron chi connectivity index (χ3n) is 5.88. The average molecular weight is 440 g/mol. The molecule has 0 amide bonds. The molecular weight excluding hydrogens is 410 g/mol. The molecule has 0 spiro atoms. The zero-order valence-electron chi connectivity index (χ0n) is 18.5. The monoisotopic (exact) mass is 439 g/mol. The number of hydrogen-bond acceptors (Lipinski definition) is 5. The van der Waals surface area contributed by atoms with Crippen molar-refractivity contribution in [2.45, 2.75) is 56.8 Å². The summed E-state index contributed by atoms with van der Waals surface area (Å²) in [6, 6.07) is 15.2. The normalized spacial score (nSPS) is 16.5. The molecule has 1 aliphatic rings. The van der Waals surface area contributed by atoms with Crippen molar-refractivity contribution >= 4 is 10.0 Å². The van der Waals surface area contributed by atoms with Gasteiger partial charge in [0.25, 0.3) is 0 Å². The Bertz CT molecular complexity index is 1150. The van der Waals surface area contributed by atoms with E-state index in [1.54, 1.807) is 16.4 Å². The van der Waals surface area contributed by atoms with E-state index in [2.05, 4.69) is 30.9 Å². The highest BCUT2D eigenvalue weighted by atomic mass is 32.2. The number of aryl methyl sites for hydroxylation is 1. The minimum Gasteiger partial charge on any atom is -0.339 e. The lowest BCUT2D eigenvalue weighted by atomic mass is 9.87. The lowest BCUT2D eigenvalue weighted by Gasteiger charge is -2.29. The van der Waals surface area contributed by atoms with Crippen molar-refractivity contribution in [1.82, 2.24) is 14.4 Å². The Hall–Kier alpha value is -2.51. The molecule has 0 aliphatic carbocycles. The maximum Gasteiger partial charge on any atom is 0.243 e. The molecule has 0 bridgehead atoms. The second kappa shape index (κ2) is 8.20. The summed E-state index contributed by atoms with van der Waals surface area (Å²) < 4.78 is 33.3. The first-order chi connectivity index (χ1) is 14.6. The number of hydrogen-bond donors (Lipinski definition) is 0. The van der Waals surface area contributed by atoms with E-state index in [4.69, 9.17) is 4.52 Å². The Kier molecular flexibility index (Phi) is 5.75. The summed E-state index contributed by atoms with van der Waals surface area (Å²) in [5.41, 5.74) is 3.17. The van der Waals surface area contributed by atoms with Crippen LogP contribution in [0.2, 0.25) is 0 Å². The smallest absolute Gasteiger partial charge is 0.243 e. The van der Waals surface area contributed by atoms with Crippen molar-refractivity contribution in [3.05, 3.63) is 65.5 Å². The minimum atomic E-state index is -3.51. The summed E-state index contributed by atoms with van der Waals surface area (Å²) in [6.07, 6.45) is 1.32. The van der Waals surface area contributed by atoms with Crippen LogP contribution in [0.15, 0.2) is 57.9 Å². The van der Waals surface area contributed by atoms with Crippen LogP contribution in [0.4, 0.5) is 0 Å².